The van der Waals surface area contributed by atoms with Crippen LogP contribution < -0.4 is 20.1 Å². The molecular weight excluding hydrogens is 453 g/mol. The first-order chi connectivity index (χ1) is 16.2. The van der Waals surface area contributed by atoms with Gasteiger partial charge >= 0.3 is 6.18 Å². The number of carbonyl (C=O) groups excluding carboxylic acids is 2. The van der Waals surface area contributed by atoms with Crippen LogP contribution in [0.4, 0.5) is 13.2 Å². The lowest BCUT2D eigenvalue weighted by Gasteiger charge is -2.19. The van der Waals surface area contributed by atoms with E-state index in [2.05, 4.69) is 10.6 Å². The summed E-state index contributed by atoms with van der Waals surface area (Å²) in [7, 11) is 0. The van der Waals surface area contributed by atoms with Gasteiger partial charge in [-0.25, -0.2) is 0 Å². The van der Waals surface area contributed by atoms with E-state index in [0.29, 0.717) is 0 Å². The van der Waals surface area contributed by atoms with Gasteiger partial charge in [-0.1, -0.05) is 12.1 Å². The van der Waals surface area contributed by atoms with Crippen molar-refractivity contribution in [3.63, 3.8) is 0 Å². The third-order valence-corrected chi connectivity index (χ3v) is 4.99. The maximum absolute atomic E-state index is 12.7. The van der Waals surface area contributed by atoms with E-state index in [9.17, 15) is 22.8 Å². The standard InChI is InChI=1S/C24H27F3N2O5/c25-24(26,27)11-14-33-18-7-3-17(4-8-18)22(31)29-21(23(32)28-12-13-30)15-16-1-5-19(6-2-16)34-20-9-10-20/h1-8,20-21,30H,9-15H2,(H,28,32)(H,29,31). The van der Waals surface area contributed by atoms with Gasteiger partial charge in [0.05, 0.1) is 25.7 Å². The van der Waals surface area contributed by atoms with Crippen molar-refractivity contribution in [1.29, 1.82) is 0 Å². The highest BCUT2D eigenvalue weighted by molar-refractivity contribution is 5.97. The highest BCUT2D eigenvalue weighted by Gasteiger charge is 2.27. The van der Waals surface area contributed by atoms with Crippen molar-refractivity contribution in [1.82, 2.24) is 10.6 Å². The summed E-state index contributed by atoms with van der Waals surface area (Å²) in [5, 5.41) is 14.2. The second-order valence-electron chi connectivity index (χ2n) is 7.94. The molecule has 34 heavy (non-hydrogen) atoms. The monoisotopic (exact) mass is 480 g/mol. The molecule has 10 heteroatoms. The van der Waals surface area contributed by atoms with Crippen molar-refractivity contribution in [3.8, 4) is 11.5 Å². The van der Waals surface area contributed by atoms with E-state index in [1.807, 2.05) is 24.3 Å². The highest BCUT2D eigenvalue weighted by atomic mass is 19.4. The van der Waals surface area contributed by atoms with E-state index in [-0.39, 0.29) is 37.0 Å². The minimum absolute atomic E-state index is 0.0450. The number of aliphatic hydroxyl groups excluding tert-OH is 1. The Morgan fingerprint density at radius 3 is 2.26 bits per heavy atom. The minimum atomic E-state index is -4.31. The second kappa shape index (κ2) is 11.7. The summed E-state index contributed by atoms with van der Waals surface area (Å²) in [6, 6.07) is 12.0. The van der Waals surface area contributed by atoms with Gasteiger partial charge < -0.3 is 25.2 Å². The molecule has 0 bridgehead atoms. The van der Waals surface area contributed by atoms with Gasteiger partial charge in [0.25, 0.3) is 5.91 Å². The Labute approximate surface area is 195 Å². The number of hydrogen-bond acceptors (Lipinski definition) is 5. The molecular formula is C24H27F3N2O5. The van der Waals surface area contributed by atoms with Crippen molar-refractivity contribution in [2.45, 2.75) is 44.0 Å². The number of alkyl halides is 3. The Morgan fingerprint density at radius 1 is 1.03 bits per heavy atom. The number of carbonyl (C=O) groups is 2. The zero-order valence-electron chi connectivity index (χ0n) is 18.4. The molecule has 2 aromatic carbocycles. The van der Waals surface area contributed by atoms with Gasteiger partial charge in [0, 0.05) is 18.5 Å². The number of amides is 2. The summed E-state index contributed by atoms with van der Waals surface area (Å²) in [5.74, 6) is -0.0341. The van der Waals surface area contributed by atoms with Crippen LogP contribution in [0.15, 0.2) is 48.5 Å². The molecule has 0 aliphatic heterocycles. The quantitative estimate of drug-likeness (QED) is 0.434. The molecule has 3 rings (SSSR count). The van der Waals surface area contributed by atoms with Gasteiger partial charge in [-0.3, -0.25) is 9.59 Å². The van der Waals surface area contributed by atoms with Crippen LogP contribution >= 0.6 is 0 Å². The van der Waals surface area contributed by atoms with Crippen LogP contribution in [0.2, 0.25) is 0 Å². The molecule has 1 saturated carbocycles. The molecule has 0 saturated heterocycles. The van der Waals surface area contributed by atoms with Gasteiger partial charge in [-0.2, -0.15) is 13.2 Å². The van der Waals surface area contributed by atoms with Crippen LogP contribution in [-0.2, 0) is 11.2 Å². The molecule has 0 radical (unpaired) electrons. The molecule has 184 valence electrons. The normalized spacial score (nSPS) is 14.2. The first-order valence-corrected chi connectivity index (χ1v) is 11.0. The topological polar surface area (TPSA) is 96.9 Å². The average molecular weight is 480 g/mol. The van der Waals surface area contributed by atoms with Gasteiger partial charge in [-0.05, 0) is 54.8 Å². The van der Waals surface area contributed by atoms with Crippen molar-refractivity contribution >= 4 is 11.8 Å². The van der Waals surface area contributed by atoms with Crippen LogP contribution in [0.5, 0.6) is 11.5 Å². The van der Waals surface area contributed by atoms with Gasteiger partial charge in [0.2, 0.25) is 5.91 Å². The van der Waals surface area contributed by atoms with Gasteiger partial charge in [0.15, 0.2) is 0 Å². The smallest absolute Gasteiger partial charge is 0.392 e. The maximum atomic E-state index is 12.7. The number of hydrogen-bond donors (Lipinski definition) is 3. The van der Waals surface area contributed by atoms with E-state index in [4.69, 9.17) is 14.6 Å². The van der Waals surface area contributed by atoms with Crippen molar-refractivity contribution < 1.29 is 37.3 Å². The fraction of sp³-hybridized carbons (Fsp3) is 0.417. The molecule has 3 N–H and O–H groups in total. The van der Waals surface area contributed by atoms with Crippen LogP contribution in [0.3, 0.4) is 0 Å². The van der Waals surface area contributed by atoms with E-state index in [1.54, 1.807) is 0 Å². The summed E-state index contributed by atoms with van der Waals surface area (Å²) in [5.41, 5.74) is 1.03. The summed E-state index contributed by atoms with van der Waals surface area (Å²) in [4.78, 5) is 25.3. The minimum Gasteiger partial charge on any atom is -0.493 e. The number of nitrogens with one attached hydrogen (secondary N) is 2. The summed E-state index contributed by atoms with van der Waals surface area (Å²) >= 11 is 0. The first kappa shape index (κ1) is 25.4. The Morgan fingerprint density at radius 2 is 1.68 bits per heavy atom. The molecule has 2 amide bonds. The number of halogens is 3. The average Bonchev–Trinajstić information content (AvgIpc) is 3.62. The predicted octanol–water partition coefficient (Wildman–Crippen LogP) is 3.01. The van der Waals surface area contributed by atoms with Crippen LogP contribution in [0, 0.1) is 0 Å². The van der Waals surface area contributed by atoms with Crippen molar-refractivity contribution in [2.75, 3.05) is 19.8 Å². The van der Waals surface area contributed by atoms with Crippen LogP contribution in [-0.4, -0.2) is 55.0 Å². The Hall–Kier alpha value is -3.27. The van der Waals surface area contributed by atoms with Gasteiger partial charge in [-0.15, -0.1) is 0 Å². The van der Waals surface area contributed by atoms with E-state index in [1.165, 1.54) is 24.3 Å². The SMILES string of the molecule is O=C(NC(Cc1ccc(OC2CC2)cc1)C(=O)NCCO)c1ccc(OCCC(F)(F)F)cc1. The Balaban J connectivity index is 1.60. The van der Waals surface area contributed by atoms with Crippen LogP contribution in [0.25, 0.3) is 0 Å². The molecule has 0 heterocycles. The second-order valence-corrected chi connectivity index (χ2v) is 7.94. The van der Waals surface area contributed by atoms with Crippen molar-refractivity contribution in [2.24, 2.45) is 0 Å². The number of rotatable bonds is 12. The molecule has 0 spiro atoms. The van der Waals surface area contributed by atoms with Crippen LogP contribution in [0.1, 0.15) is 35.2 Å². The molecule has 1 aliphatic rings. The largest absolute Gasteiger partial charge is 0.493 e. The summed E-state index contributed by atoms with van der Waals surface area (Å²) in [6.07, 6.45) is -2.82. The number of ether oxygens (including phenoxy) is 2. The summed E-state index contributed by atoms with van der Waals surface area (Å²) < 4.78 is 47.5. The fourth-order valence-corrected chi connectivity index (χ4v) is 3.06. The third-order valence-electron chi connectivity index (χ3n) is 4.99. The molecule has 1 aliphatic carbocycles. The zero-order chi connectivity index (χ0) is 24.6. The Bertz CT molecular complexity index is 945. The zero-order valence-corrected chi connectivity index (χ0v) is 18.4. The Kier molecular flexibility index (Phi) is 8.75. The summed E-state index contributed by atoms with van der Waals surface area (Å²) in [6.45, 7) is -0.717. The van der Waals surface area contributed by atoms with Crippen molar-refractivity contribution in [3.05, 3.63) is 59.7 Å². The predicted molar refractivity (Wildman–Crippen MR) is 118 cm³/mol. The highest BCUT2D eigenvalue weighted by Crippen LogP contribution is 2.27. The molecule has 7 nitrogen and oxygen atoms in total. The fourth-order valence-electron chi connectivity index (χ4n) is 3.06. The van der Waals surface area contributed by atoms with E-state index in [0.717, 1.165) is 24.2 Å². The molecule has 2 aromatic rings. The third kappa shape index (κ3) is 8.58. The van der Waals surface area contributed by atoms with E-state index < -0.39 is 37.1 Å². The number of aliphatic hydroxyl groups is 1. The molecule has 1 unspecified atom stereocenters. The maximum Gasteiger partial charge on any atom is 0.392 e. The lowest BCUT2D eigenvalue weighted by molar-refractivity contribution is -0.139. The number of benzene rings is 2. The lowest BCUT2D eigenvalue weighted by Crippen LogP contribution is -2.48. The molecule has 0 aromatic heterocycles. The lowest BCUT2D eigenvalue weighted by atomic mass is 10.0. The molecule has 1 atom stereocenters. The van der Waals surface area contributed by atoms with E-state index >= 15 is 0 Å². The molecule has 1 fully saturated rings. The van der Waals surface area contributed by atoms with Gasteiger partial charge in [0.1, 0.15) is 17.5 Å². The first-order valence-electron chi connectivity index (χ1n) is 11.0.